The van der Waals surface area contributed by atoms with E-state index in [0.29, 0.717) is 28.3 Å². The van der Waals surface area contributed by atoms with Crippen LogP contribution in [-0.4, -0.2) is 73.1 Å². The highest BCUT2D eigenvalue weighted by atomic mass is 32.1. The monoisotopic (exact) mass is 631 g/mol. The van der Waals surface area contributed by atoms with Gasteiger partial charge in [-0.15, -0.1) is 11.3 Å². The average Bonchev–Trinajstić information content (AvgIpc) is 3.47. The van der Waals surface area contributed by atoms with E-state index in [1.807, 2.05) is 38.3 Å². The standard InChI is InChI=1S/C35H53NO7S/c1-7-9-10-12-15-26-19-27-21-44-34(36-27)24(5)29(38)20-28(37)16-13-11-14-17-30(43-35(26)42)33(41)32(40)25(6)31(39)23(4)18-22(3)8-2/h8,11,13-14,16,18-19,21,24-25,28-33,37-41H,7,9-10,12,15,17,20H2,1-6H3/b14-11-,16-13+,22-8+,23-18+,26-19+/t24-,25+,28-,29+,30+,31-,32-,33-/m1/s1. The number of allylic oxidation sites excluding steroid dienone is 5. The normalized spacial score (nSPS) is 28.2. The van der Waals surface area contributed by atoms with Gasteiger partial charge in [0.2, 0.25) is 0 Å². The Bertz CT molecular complexity index is 1180. The average molecular weight is 632 g/mol. The predicted octanol–water partition coefficient (Wildman–Crippen LogP) is 5.77. The highest BCUT2D eigenvalue weighted by Gasteiger charge is 2.36. The number of thiazole rings is 1. The summed E-state index contributed by atoms with van der Waals surface area (Å²) in [5, 5.41) is 57.0. The van der Waals surface area contributed by atoms with E-state index >= 15 is 0 Å². The molecule has 0 amide bonds. The zero-order chi connectivity index (χ0) is 32.8. The first kappa shape index (κ1) is 37.8. The molecule has 0 saturated heterocycles. The minimum atomic E-state index is -1.48. The number of aliphatic hydroxyl groups excluding tert-OH is 5. The van der Waals surface area contributed by atoms with Crippen LogP contribution in [0.3, 0.4) is 0 Å². The van der Waals surface area contributed by atoms with E-state index in [9.17, 15) is 30.3 Å². The van der Waals surface area contributed by atoms with Gasteiger partial charge >= 0.3 is 5.97 Å². The molecule has 246 valence electrons. The second-order valence-corrected chi connectivity index (χ2v) is 12.8. The van der Waals surface area contributed by atoms with Crippen molar-refractivity contribution in [1.82, 2.24) is 4.98 Å². The van der Waals surface area contributed by atoms with Crippen LogP contribution in [0.2, 0.25) is 0 Å². The molecule has 5 N–H and O–H groups in total. The number of hydrogen-bond donors (Lipinski definition) is 5. The summed E-state index contributed by atoms with van der Waals surface area (Å²) in [6.45, 7) is 11.2. The van der Waals surface area contributed by atoms with Gasteiger partial charge in [0.25, 0.3) is 0 Å². The minimum absolute atomic E-state index is 0.0866. The molecule has 9 heteroatoms. The van der Waals surface area contributed by atoms with Crippen LogP contribution >= 0.6 is 11.3 Å². The van der Waals surface area contributed by atoms with E-state index < -0.39 is 48.5 Å². The molecule has 0 aromatic carbocycles. The van der Waals surface area contributed by atoms with Crippen LogP contribution in [0.15, 0.2) is 58.6 Å². The summed E-state index contributed by atoms with van der Waals surface area (Å²) < 4.78 is 5.90. The fourth-order valence-corrected chi connectivity index (χ4v) is 5.93. The molecule has 2 heterocycles. The number of esters is 1. The molecule has 2 bridgehead atoms. The topological polar surface area (TPSA) is 140 Å². The largest absolute Gasteiger partial charge is 0.456 e. The van der Waals surface area contributed by atoms with Crippen molar-refractivity contribution in [3.05, 3.63) is 69.3 Å². The number of aromatic nitrogens is 1. The fourth-order valence-electron chi connectivity index (χ4n) is 5.04. The van der Waals surface area contributed by atoms with Crippen molar-refractivity contribution in [3.8, 4) is 0 Å². The van der Waals surface area contributed by atoms with Gasteiger partial charge in [0, 0.05) is 35.6 Å². The molecule has 1 aromatic rings. The number of carbonyl (C=O) groups excluding carboxylic acids is 1. The number of ether oxygens (including phenoxy) is 1. The second kappa shape index (κ2) is 19.2. The molecule has 8 atom stereocenters. The molecule has 44 heavy (non-hydrogen) atoms. The Morgan fingerprint density at radius 3 is 2.57 bits per heavy atom. The van der Waals surface area contributed by atoms with Gasteiger partial charge in [0.15, 0.2) is 0 Å². The van der Waals surface area contributed by atoms with Crippen LogP contribution in [-0.2, 0) is 9.53 Å². The van der Waals surface area contributed by atoms with E-state index in [2.05, 4.69) is 11.9 Å². The molecule has 8 nitrogen and oxygen atoms in total. The maximum Gasteiger partial charge on any atom is 0.334 e. The Kier molecular flexibility index (Phi) is 16.5. The SMILES string of the molecule is C/C=C(C)/C=C(\C)[C@@H](O)[C@H](C)[C@@H](O)[C@H](O)[C@@H]1C/C=C\C=C\[C@@H](O)C[C@H](O)[C@@H](C)c2nc(cs2)/C=C(\CCCCCC)C(=O)O1. The van der Waals surface area contributed by atoms with Gasteiger partial charge in [-0.2, -0.15) is 0 Å². The summed E-state index contributed by atoms with van der Waals surface area (Å²) in [6.07, 6.45) is 9.78. The molecule has 0 saturated carbocycles. The van der Waals surface area contributed by atoms with Crippen molar-refractivity contribution in [2.45, 2.75) is 129 Å². The minimum Gasteiger partial charge on any atom is -0.456 e. The Labute approximate surface area is 267 Å². The molecule has 0 aliphatic carbocycles. The number of carbonyl (C=O) groups is 1. The zero-order valence-corrected chi connectivity index (χ0v) is 27.9. The van der Waals surface area contributed by atoms with Gasteiger partial charge in [0.1, 0.15) is 12.2 Å². The zero-order valence-electron chi connectivity index (χ0n) is 27.1. The highest BCUT2D eigenvalue weighted by Crippen LogP contribution is 2.28. The third kappa shape index (κ3) is 11.8. The van der Waals surface area contributed by atoms with E-state index in [4.69, 9.17) is 4.74 Å². The van der Waals surface area contributed by atoms with Crippen molar-refractivity contribution >= 4 is 23.4 Å². The van der Waals surface area contributed by atoms with Crippen molar-refractivity contribution in [2.24, 2.45) is 5.92 Å². The Hall–Kier alpha value is -2.40. The maximum atomic E-state index is 13.6. The van der Waals surface area contributed by atoms with Crippen molar-refractivity contribution < 1.29 is 35.1 Å². The molecular weight excluding hydrogens is 578 g/mol. The van der Waals surface area contributed by atoms with Crippen molar-refractivity contribution in [1.29, 1.82) is 0 Å². The highest BCUT2D eigenvalue weighted by molar-refractivity contribution is 7.09. The van der Waals surface area contributed by atoms with Crippen LogP contribution in [0, 0.1) is 5.92 Å². The van der Waals surface area contributed by atoms with Gasteiger partial charge in [-0.25, -0.2) is 9.78 Å². The molecule has 0 unspecified atom stereocenters. The summed E-state index contributed by atoms with van der Waals surface area (Å²) in [5.41, 5.74) is 2.59. The van der Waals surface area contributed by atoms with Crippen LogP contribution < -0.4 is 0 Å². The summed E-state index contributed by atoms with van der Waals surface area (Å²) in [6, 6.07) is 0. The molecule has 0 fully saturated rings. The quantitative estimate of drug-likeness (QED) is 0.118. The molecule has 1 aromatic heterocycles. The van der Waals surface area contributed by atoms with Gasteiger partial charge in [-0.3, -0.25) is 0 Å². The third-order valence-electron chi connectivity index (χ3n) is 8.23. The van der Waals surface area contributed by atoms with Gasteiger partial charge in [-0.1, -0.05) is 82.1 Å². The number of unbranched alkanes of at least 4 members (excludes halogenated alkanes) is 3. The molecule has 1 aliphatic rings. The Morgan fingerprint density at radius 2 is 1.89 bits per heavy atom. The maximum absolute atomic E-state index is 13.6. The summed E-state index contributed by atoms with van der Waals surface area (Å²) in [4.78, 5) is 18.3. The molecule has 2 rings (SSSR count). The van der Waals surface area contributed by atoms with Crippen LogP contribution in [0.25, 0.3) is 6.08 Å². The van der Waals surface area contributed by atoms with Crippen LogP contribution in [0.4, 0.5) is 0 Å². The smallest absolute Gasteiger partial charge is 0.334 e. The van der Waals surface area contributed by atoms with Crippen LogP contribution in [0.5, 0.6) is 0 Å². The lowest BCUT2D eigenvalue weighted by molar-refractivity contribution is -0.158. The fraction of sp³-hybridized carbons (Fsp3) is 0.600. The first-order chi connectivity index (χ1) is 20.9. The lowest BCUT2D eigenvalue weighted by atomic mass is 9.87. The van der Waals surface area contributed by atoms with E-state index in [0.717, 1.165) is 31.3 Å². The molecular formula is C35H53NO7S. The lowest BCUT2D eigenvalue weighted by Crippen LogP contribution is -2.46. The van der Waals surface area contributed by atoms with E-state index in [-0.39, 0.29) is 18.8 Å². The van der Waals surface area contributed by atoms with E-state index in [1.54, 1.807) is 44.2 Å². The second-order valence-electron chi connectivity index (χ2n) is 11.9. The number of cyclic esters (lactones) is 1. The first-order valence-corrected chi connectivity index (χ1v) is 16.7. The number of hydrogen-bond acceptors (Lipinski definition) is 9. The van der Waals surface area contributed by atoms with Gasteiger partial charge < -0.3 is 30.3 Å². The number of aliphatic hydroxyl groups is 5. The van der Waals surface area contributed by atoms with Gasteiger partial charge in [-0.05, 0) is 45.3 Å². The third-order valence-corrected chi connectivity index (χ3v) is 9.29. The predicted molar refractivity (Wildman–Crippen MR) is 177 cm³/mol. The summed E-state index contributed by atoms with van der Waals surface area (Å²) >= 11 is 1.38. The lowest BCUT2D eigenvalue weighted by Gasteiger charge is -2.32. The van der Waals surface area contributed by atoms with Gasteiger partial charge in [0.05, 0.1) is 35.1 Å². The van der Waals surface area contributed by atoms with Crippen LogP contribution in [0.1, 0.15) is 103 Å². The first-order valence-electron chi connectivity index (χ1n) is 15.8. The van der Waals surface area contributed by atoms with Crippen molar-refractivity contribution in [2.75, 3.05) is 0 Å². The molecule has 0 spiro atoms. The van der Waals surface area contributed by atoms with E-state index in [1.165, 1.54) is 11.3 Å². The Morgan fingerprint density at radius 1 is 1.16 bits per heavy atom. The summed E-state index contributed by atoms with van der Waals surface area (Å²) in [5.74, 6) is -1.66. The summed E-state index contributed by atoms with van der Waals surface area (Å²) in [7, 11) is 0. The van der Waals surface area contributed by atoms with Crippen molar-refractivity contribution in [3.63, 3.8) is 0 Å². The number of fused-ring (bicyclic) bond motifs is 2. The molecule has 0 radical (unpaired) electrons. The molecule has 1 aliphatic heterocycles. The number of rotatable bonds is 11. The number of nitrogens with zero attached hydrogens (tertiary/aromatic N) is 1. The Balaban J connectivity index is 2.44.